The number of halogens is 1. The molecule has 1 saturated heterocycles. The van der Waals surface area contributed by atoms with E-state index in [2.05, 4.69) is 22.6 Å². The van der Waals surface area contributed by atoms with E-state index in [9.17, 15) is 14.4 Å². The zero-order valence-electron chi connectivity index (χ0n) is 9.39. The lowest BCUT2D eigenvalue weighted by Gasteiger charge is -2.12. The van der Waals surface area contributed by atoms with Crippen LogP contribution in [0.3, 0.4) is 0 Å². The number of nitrogens with zero attached hydrogens (tertiary/aromatic N) is 1. The van der Waals surface area contributed by atoms with Crippen molar-refractivity contribution in [3.63, 3.8) is 0 Å². The lowest BCUT2D eigenvalue weighted by atomic mass is 10.2. The van der Waals surface area contributed by atoms with Crippen LogP contribution in [0.1, 0.15) is 18.4 Å². The number of carbonyl (C=O) groups is 3. The monoisotopic (exact) mass is 359 g/mol. The van der Waals surface area contributed by atoms with Crippen molar-refractivity contribution in [2.75, 3.05) is 0 Å². The number of amides is 2. The Kier molecular flexibility index (Phi) is 3.95. The van der Waals surface area contributed by atoms with Crippen LogP contribution in [0.5, 0.6) is 0 Å². The summed E-state index contributed by atoms with van der Waals surface area (Å²) in [6, 6.07) is 7.35. The van der Waals surface area contributed by atoms with E-state index < -0.39 is 17.8 Å². The van der Waals surface area contributed by atoms with Crippen molar-refractivity contribution < 1.29 is 19.2 Å². The molecule has 0 atom stereocenters. The second kappa shape index (κ2) is 5.47. The van der Waals surface area contributed by atoms with Crippen LogP contribution in [-0.4, -0.2) is 22.8 Å². The molecule has 0 aliphatic carbocycles. The third kappa shape index (κ3) is 3.06. The topological polar surface area (TPSA) is 63.7 Å². The molecule has 1 aliphatic heterocycles. The number of hydroxylamine groups is 2. The Balaban J connectivity index is 1.94. The minimum Gasteiger partial charge on any atom is -0.330 e. The number of benzene rings is 1. The molecular weight excluding hydrogens is 349 g/mol. The van der Waals surface area contributed by atoms with E-state index in [0.29, 0.717) is 5.06 Å². The van der Waals surface area contributed by atoms with Crippen LogP contribution in [0.15, 0.2) is 24.3 Å². The van der Waals surface area contributed by atoms with Gasteiger partial charge in [-0.2, -0.15) is 0 Å². The van der Waals surface area contributed by atoms with Crippen molar-refractivity contribution in [1.82, 2.24) is 5.06 Å². The largest absolute Gasteiger partial charge is 0.337 e. The van der Waals surface area contributed by atoms with Crippen molar-refractivity contribution in [3.05, 3.63) is 33.4 Å². The molecule has 1 fully saturated rings. The fraction of sp³-hybridized carbons (Fsp3) is 0.250. The predicted octanol–water partition coefficient (Wildman–Crippen LogP) is 1.44. The molecule has 0 bridgehead atoms. The Morgan fingerprint density at radius 3 is 2.28 bits per heavy atom. The SMILES string of the molecule is O=C(Cc1ccc(I)cc1)ON1C(=O)CCC1=O. The molecule has 0 radical (unpaired) electrons. The first-order valence-electron chi connectivity index (χ1n) is 5.37. The highest BCUT2D eigenvalue weighted by atomic mass is 127. The van der Waals surface area contributed by atoms with Crippen LogP contribution >= 0.6 is 22.6 Å². The van der Waals surface area contributed by atoms with Gasteiger partial charge in [0.05, 0.1) is 6.42 Å². The third-order valence-corrected chi connectivity index (χ3v) is 3.18. The van der Waals surface area contributed by atoms with Gasteiger partial charge in [-0.3, -0.25) is 9.59 Å². The minimum absolute atomic E-state index is 0.0357. The Labute approximate surface area is 117 Å². The molecule has 1 heterocycles. The molecule has 1 aromatic carbocycles. The van der Waals surface area contributed by atoms with Gasteiger partial charge in [-0.1, -0.05) is 12.1 Å². The van der Waals surface area contributed by atoms with Gasteiger partial charge in [0, 0.05) is 16.4 Å². The summed E-state index contributed by atoms with van der Waals surface area (Å²) in [6.07, 6.45) is 0.249. The van der Waals surface area contributed by atoms with Gasteiger partial charge in [0.25, 0.3) is 11.8 Å². The van der Waals surface area contributed by atoms with Gasteiger partial charge in [-0.05, 0) is 40.3 Å². The second-order valence-corrected chi connectivity index (χ2v) is 5.09. The normalized spacial score (nSPS) is 15.1. The van der Waals surface area contributed by atoms with E-state index in [1.54, 1.807) is 12.1 Å². The Morgan fingerprint density at radius 2 is 1.72 bits per heavy atom. The standard InChI is InChI=1S/C12H10INO4/c13-9-3-1-8(2-4-9)7-12(17)18-14-10(15)5-6-11(14)16/h1-4H,5-7H2. The fourth-order valence-corrected chi connectivity index (χ4v) is 1.92. The Bertz CT molecular complexity index is 481. The maximum absolute atomic E-state index is 11.6. The van der Waals surface area contributed by atoms with Gasteiger partial charge in [0.1, 0.15) is 0 Å². The number of hydrogen-bond acceptors (Lipinski definition) is 4. The van der Waals surface area contributed by atoms with E-state index in [0.717, 1.165) is 9.13 Å². The molecule has 0 unspecified atom stereocenters. The van der Waals surface area contributed by atoms with Crippen LogP contribution in [0.4, 0.5) is 0 Å². The lowest BCUT2D eigenvalue weighted by Crippen LogP contribution is -2.32. The molecule has 1 aromatic rings. The van der Waals surface area contributed by atoms with Gasteiger partial charge in [0.15, 0.2) is 0 Å². The van der Waals surface area contributed by atoms with Gasteiger partial charge >= 0.3 is 5.97 Å². The van der Waals surface area contributed by atoms with Crippen LogP contribution < -0.4 is 0 Å². The molecule has 0 N–H and O–H groups in total. The summed E-state index contributed by atoms with van der Waals surface area (Å²) in [5.41, 5.74) is 0.777. The van der Waals surface area contributed by atoms with Gasteiger partial charge in [-0.15, -0.1) is 5.06 Å². The van der Waals surface area contributed by atoms with Crippen LogP contribution in [0.25, 0.3) is 0 Å². The van der Waals surface area contributed by atoms with Gasteiger partial charge in [-0.25, -0.2) is 4.79 Å². The number of hydrogen-bond donors (Lipinski definition) is 0. The van der Waals surface area contributed by atoms with E-state index in [1.165, 1.54) is 0 Å². The number of imide groups is 1. The quantitative estimate of drug-likeness (QED) is 0.605. The molecule has 1 aliphatic rings. The van der Waals surface area contributed by atoms with Crippen molar-refractivity contribution in [2.45, 2.75) is 19.3 Å². The summed E-state index contributed by atoms with van der Waals surface area (Å²) in [4.78, 5) is 38.8. The van der Waals surface area contributed by atoms with E-state index in [4.69, 9.17) is 4.84 Å². The second-order valence-electron chi connectivity index (χ2n) is 3.85. The summed E-state index contributed by atoms with van der Waals surface area (Å²) in [5.74, 6) is -1.54. The molecular formula is C12H10INO4. The molecule has 0 saturated carbocycles. The fourth-order valence-electron chi connectivity index (χ4n) is 1.56. The summed E-state index contributed by atoms with van der Waals surface area (Å²) in [6.45, 7) is 0. The summed E-state index contributed by atoms with van der Waals surface area (Å²) < 4.78 is 1.06. The molecule has 5 nitrogen and oxygen atoms in total. The van der Waals surface area contributed by atoms with E-state index in [1.807, 2.05) is 12.1 Å². The highest BCUT2D eigenvalue weighted by Crippen LogP contribution is 2.13. The maximum atomic E-state index is 11.6. The van der Waals surface area contributed by atoms with E-state index in [-0.39, 0.29) is 19.3 Å². The van der Waals surface area contributed by atoms with Gasteiger partial charge in [0.2, 0.25) is 0 Å². The first kappa shape index (κ1) is 13.0. The summed E-state index contributed by atoms with van der Waals surface area (Å²) in [7, 11) is 0. The summed E-state index contributed by atoms with van der Waals surface area (Å²) >= 11 is 2.16. The first-order chi connectivity index (χ1) is 8.56. The lowest BCUT2D eigenvalue weighted by molar-refractivity contribution is -0.197. The minimum atomic E-state index is -0.611. The molecule has 94 valence electrons. The zero-order chi connectivity index (χ0) is 13.1. The van der Waals surface area contributed by atoms with Crippen molar-refractivity contribution in [3.8, 4) is 0 Å². The molecule has 2 rings (SSSR count). The molecule has 2 amide bonds. The number of rotatable bonds is 3. The van der Waals surface area contributed by atoms with Crippen molar-refractivity contribution >= 4 is 40.4 Å². The predicted molar refractivity (Wildman–Crippen MR) is 70.0 cm³/mol. The van der Waals surface area contributed by atoms with Crippen LogP contribution in [0, 0.1) is 3.57 Å². The average Bonchev–Trinajstić information content (AvgIpc) is 2.64. The highest BCUT2D eigenvalue weighted by molar-refractivity contribution is 14.1. The Hall–Kier alpha value is -1.44. The third-order valence-electron chi connectivity index (χ3n) is 2.46. The van der Waals surface area contributed by atoms with Crippen molar-refractivity contribution in [2.24, 2.45) is 0 Å². The van der Waals surface area contributed by atoms with E-state index >= 15 is 0 Å². The Morgan fingerprint density at radius 1 is 1.17 bits per heavy atom. The van der Waals surface area contributed by atoms with Crippen LogP contribution in [0.2, 0.25) is 0 Å². The molecule has 18 heavy (non-hydrogen) atoms. The smallest absolute Gasteiger partial charge is 0.330 e. The molecule has 0 spiro atoms. The maximum Gasteiger partial charge on any atom is 0.337 e. The average molecular weight is 359 g/mol. The van der Waals surface area contributed by atoms with Crippen LogP contribution in [-0.2, 0) is 25.6 Å². The highest BCUT2D eigenvalue weighted by Gasteiger charge is 2.32. The van der Waals surface area contributed by atoms with Crippen molar-refractivity contribution in [1.29, 1.82) is 0 Å². The van der Waals surface area contributed by atoms with Gasteiger partial charge < -0.3 is 4.84 Å². The molecule has 6 heteroatoms. The first-order valence-corrected chi connectivity index (χ1v) is 6.45. The zero-order valence-corrected chi connectivity index (χ0v) is 11.5. The molecule has 0 aromatic heterocycles. The summed E-state index contributed by atoms with van der Waals surface area (Å²) in [5, 5.41) is 0.565. The number of carbonyl (C=O) groups excluding carboxylic acids is 3.